The van der Waals surface area contributed by atoms with E-state index in [0.29, 0.717) is 6.04 Å². The highest BCUT2D eigenvalue weighted by Gasteiger charge is 2.26. The van der Waals surface area contributed by atoms with Gasteiger partial charge in [-0.05, 0) is 19.4 Å². The quantitative estimate of drug-likeness (QED) is 0.861. The molecule has 2 aromatic heterocycles. The molecule has 5 nitrogen and oxygen atoms in total. The predicted molar refractivity (Wildman–Crippen MR) is 81.0 cm³/mol. The summed E-state index contributed by atoms with van der Waals surface area (Å²) in [5, 5.41) is 0. The molecule has 1 saturated heterocycles. The van der Waals surface area contributed by atoms with Crippen LogP contribution in [0.25, 0.3) is 0 Å². The van der Waals surface area contributed by atoms with Gasteiger partial charge >= 0.3 is 0 Å². The van der Waals surface area contributed by atoms with Crippen molar-refractivity contribution in [2.75, 3.05) is 25.0 Å². The van der Waals surface area contributed by atoms with Crippen LogP contribution in [0.5, 0.6) is 0 Å². The van der Waals surface area contributed by atoms with Crippen LogP contribution in [0.15, 0.2) is 24.1 Å². The largest absolute Gasteiger partial charge is 0.355 e. The number of anilines is 1. The maximum absolute atomic E-state index is 4.33. The molecule has 0 radical (unpaired) electrons. The highest BCUT2D eigenvalue weighted by molar-refractivity contribution is 7.09. The minimum Gasteiger partial charge on any atom is -0.355 e. The standard InChI is InChI=1S/C14H19N5S/c1-11-13(20-10-17-11)8-19-6-4-12(7-19)18(2)14-3-5-15-9-16-14/h3,5,9-10,12H,4,6-8H2,1-2H3. The maximum Gasteiger partial charge on any atom is 0.131 e. The van der Waals surface area contributed by atoms with E-state index in [1.165, 1.54) is 17.0 Å². The minimum absolute atomic E-state index is 0.526. The van der Waals surface area contributed by atoms with Gasteiger partial charge in [-0.3, -0.25) is 4.90 Å². The van der Waals surface area contributed by atoms with Gasteiger partial charge in [0.25, 0.3) is 0 Å². The monoisotopic (exact) mass is 289 g/mol. The smallest absolute Gasteiger partial charge is 0.131 e. The summed E-state index contributed by atoms with van der Waals surface area (Å²) in [5.74, 6) is 1.00. The number of nitrogens with zero attached hydrogens (tertiary/aromatic N) is 5. The molecule has 20 heavy (non-hydrogen) atoms. The van der Waals surface area contributed by atoms with Gasteiger partial charge in [-0.2, -0.15) is 0 Å². The second kappa shape index (κ2) is 5.85. The van der Waals surface area contributed by atoms with Crippen molar-refractivity contribution in [3.05, 3.63) is 34.7 Å². The van der Waals surface area contributed by atoms with Gasteiger partial charge in [0.1, 0.15) is 12.1 Å². The third kappa shape index (κ3) is 2.81. The van der Waals surface area contributed by atoms with E-state index in [1.54, 1.807) is 23.9 Å². The van der Waals surface area contributed by atoms with E-state index < -0.39 is 0 Å². The molecule has 0 aromatic carbocycles. The zero-order valence-electron chi connectivity index (χ0n) is 11.9. The van der Waals surface area contributed by atoms with E-state index in [9.17, 15) is 0 Å². The zero-order chi connectivity index (χ0) is 13.9. The van der Waals surface area contributed by atoms with Crippen LogP contribution in [0, 0.1) is 6.92 Å². The number of likely N-dealkylation sites (tertiary alicyclic amines) is 1. The van der Waals surface area contributed by atoms with Crippen molar-refractivity contribution in [1.29, 1.82) is 0 Å². The van der Waals surface area contributed by atoms with Crippen molar-refractivity contribution >= 4 is 17.2 Å². The molecule has 0 saturated carbocycles. The van der Waals surface area contributed by atoms with E-state index in [4.69, 9.17) is 0 Å². The summed E-state index contributed by atoms with van der Waals surface area (Å²) in [7, 11) is 2.12. The summed E-state index contributed by atoms with van der Waals surface area (Å²) in [6.07, 6.45) is 4.59. The summed E-state index contributed by atoms with van der Waals surface area (Å²) in [5.41, 5.74) is 3.10. The fourth-order valence-electron chi connectivity index (χ4n) is 2.63. The normalized spacial score (nSPS) is 19.4. The van der Waals surface area contributed by atoms with Gasteiger partial charge < -0.3 is 4.90 Å². The van der Waals surface area contributed by atoms with E-state index in [0.717, 1.165) is 25.5 Å². The molecule has 1 fully saturated rings. The van der Waals surface area contributed by atoms with Crippen LogP contribution in [0.3, 0.4) is 0 Å². The average molecular weight is 289 g/mol. The Morgan fingerprint density at radius 1 is 1.45 bits per heavy atom. The summed E-state index contributed by atoms with van der Waals surface area (Å²) in [6, 6.07) is 2.49. The maximum atomic E-state index is 4.33. The molecule has 0 amide bonds. The molecular weight excluding hydrogens is 270 g/mol. The van der Waals surface area contributed by atoms with Crippen LogP contribution in [-0.4, -0.2) is 46.0 Å². The average Bonchev–Trinajstić information content (AvgIpc) is 3.10. The van der Waals surface area contributed by atoms with Crippen molar-refractivity contribution in [3.63, 3.8) is 0 Å². The molecule has 106 valence electrons. The van der Waals surface area contributed by atoms with Gasteiger partial charge in [-0.25, -0.2) is 15.0 Å². The predicted octanol–water partition coefficient (Wildman–Crippen LogP) is 1.95. The van der Waals surface area contributed by atoms with Crippen LogP contribution in [0.2, 0.25) is 0 Å². The summed E-state index contributed by atoms with van der Waals surface area (Å²) < 4.78 is 0. The Kier molecular flexibility index (Phi) is 3.93. The van der Waals surface area contributed by atoms with E-state index in [2.05, 4.69) is 38.7 Å². The third-order valence-corrected chi connectivity index (χ3v) is 4.85. The van der Waals surface area contributed by atoms with E-state index in [1.807, 2.05) is 11.6 Å². The third-order valence-electron chi connectivity index (χ3n) is 3.94. The van der Waals surface area contributed by atoms with Crippen molar-refractivity contribution in [3.8, 4) is 0 Å². The van der Waals surface area contributed by atoms with Gasteiger partial charge in [0.15, 0.2) is 0 Å². The van der Waals surface area contributed by atoms with Gasteiger partial charge in [0.2, 0.25) is 0 Å². The topological polar surface area (TPSA) is 45.2 Å². The molecule has 1 aliphatic rings. The Bertz CT molecular complexity index is 556. The van der Waals surface area contributed by atoms with Gasteiger partial charge in [-0.15, -0.1) is 11.3 Å². The molecule has 0 N–H and O–H groups in total. The van der Waals surface area contributed by atoms with E-state index >= 15 is 0 Å². The lowest BCUT2D eigenvalue weighted by Crippen LogP contribution is -2.34. The van der Waals surface area contributed by atoms with Gasteiger partial charge in [-0.1, -0.05) is 0 Å². The van der Waals surface area contributed by atoms with Crippen molar-refractivity contribution < 1.29 is 0 Å². The number of rotatable bonds is 4. The molecule has 2 aromatic rings. The molecule has 0 aliphatic carbocycles. The van der Waals surface area contributed by atoms with Crippen LogP contribution in [-0.2, 0) is 6.54 Å². The zero-order valence-corrected chi connectivity index (χ0v) is 12.7. The van der Waals surface area contributed by atoms with Crippen molar-refractivity contribution in [1.82, 2.24) is 19.9 Å². The van der Waals surface area contributed by atoms with Crippen LogP contribution < -0.4 is 4.90 Å². The molecule has 0 bridgehead atoms. The Hall–Kier alpha value is -1.53. The fraction of sp³-hybridized carbons (Fsp3) is 0.500. The fourth-order valence-corrected chi connectivity index (χ4v) is 3.45. The lowest BCUT2D eigenvalue weighted by Gasteiger charge is -2.25. The Morgan fingerprint density at radius 2 is 2.35 bits per heavy atom. The lowest BCUT2D eigenvalue weighted by molar-refractivity contribution is 0.328. The second-order valence-electron chi connectivity index (χ2n) is 5.22. The first kappa shape index (κ1) is 13.5. The Balaban J connectivity index is 1.61. The number of hydrogen-bond acceptors (Lipinski definition) is 6. The number of thiazole rings is 1. The molecule has 6 heteroatoms. The Labute approximate surface area is 123 Å². The number of likely N-dealkylation sites (N-methyl/N-ethyl adjacent to an activating group) is 1. The van der Waals surface area contributed by atoms with Crippen LogP contribution >= 0.6 is 11.3 Å². The van der Waals surface area contributed by atoms with Crippen molar-refractivity contribution in [2.24, 2.45) is 0 Å². The first-order chi connectivity index (χ1) is 9.74. The molecule has 1 unspecified atom stereocenters. The first-order valence-electron chi connectivity index (χ1n) is 6.84. The van der Waals surface area contributed by atoms with Crippen molar-refractivity contribution in [2.45, 2.75) is 25.9 Å². The highest BCUT2D eigenvalue weighted by atomic mass is 32.1. The van der Waals surface area contributed by atoms with Gasteiger partial charge in [0.05, 0.1) is 11.2 Å². The summed E-state index contributed by atoms with van der Waals surface area (Å²) in [4.78, 5) is 18.8. The SMILES string of the molecule is Cc1ncsc1CN1CCC(N(C)c2ccncn2)C1. The first-order valence-corrected chi connectivity index (χ1v) is 7.72. The highest BCUT2D eigenvalue weighted by Crippen LogP contribution is 2.22. The summed E-state index contributed by atoms with van der Waals surface area (Å²) in [6.45, 7) is 5.33. The minimum atomic E-state index is 0.526. The van der Waals surface area contributed by atoms with Crippen LogP contribution in [0.4, 0.5) is 5.82 Å². The Morgan fingerprint density at radius 3 is 3.05 bits per heavy atom. The molecule has 3 rings (SSSR count). The lowest BCUT2D eigenvalue weighted by atomic mass is 10.2. The molecule has 3 heterocycles. The summed E-state index contributed by atoms with van der Waals surface area (Å²) >= 11 is 1.76. The molecular formula is C14H19N5S. The molecule has 1 aliphatic heterocycles. The number of aromatic nitrogens is 3. The van der Waals surface area contributed by atoms with Crippen LogP contribution in [0.1, 0.15) is 17.0 Å². The van der Waals surface area contributed by atoms with E-state index in [-0.39, 0.29) is 0 Å². The number of hydrogen-bond donors (Lipinski definition) is 0. The second-order valence-corrected chi connectivity index (χ2v) is 6.16. The number of aryl methyl sites for hydroxylation is 1. The molecule has 0 spiro atoms. The molecule has 1 atom stereocenters. The van der Waals surface area contributed by atoms with Gasteiger partial charge in [0, 0.05) is 43.8 Å².